The number of rotatable bonds is 5. The molecule has 0 bridgehead atoms. The number of ether oxygens (including phenoxy) is 1. The number of halogens is 1. The van der Waals surface area contributed by atoms with E-state index in [0.717, 1.165) is 0 Å². The summed E-state index contributed by atoms with van der Waals surface area (Å²) in [7, 11) is 0. The van der Waals surface area contributed by atoms with Crippen LogP contribution in [0.4, 0.5) is 10.1 Å². The molecule has 0 saturated carbocycles. The van der Waals surface area contributed by atoms with E-state index in [1.807, 2.05) is 36.9 Å². The van der Waals surface area contributed by atoms with Crippen LogP contribution in [-0.4, -0.2) is 35.8 Å². The van der Waals surface area contributed by atoms with Crippen molar-refractivity contribution in [1.82, 2.24) is 9.88 Å². The van der Waals surface area contributed by atoms with E-state index in [-0.39, 0.29) is 42.5 Å². The second-order valence-electron chi connectivity index (χ2n) is 8.05. The zero-order chi connectivity index (χ0) is 22.0. The van der Waals surface area contributed by atoms with Crippen LogP contribution in [0.3, 0.4) is 0 Å². The lowest BCUT2D eigenvalue weighted by Crippen LogP contribution is -2.45. The lowest BCUT2D eigenvalue weighted by Gasteiger charge is -2.37. The van der Waals surface area contributed by atoms with Crippen molar-refractivity contribution < 1.29 is 13.9 Å². The van der Waals surface area contributed by atoms with Gasteiger partial charge in [0.25, 0.3) is 0 Å². The first-order valence-corrected chi connectivity index (χ1v) is 10.4. The highest BCUT2D eigenvalue weighted by atomic mass is 19.1. The molecule has 1 fully saturated rings. The number of benzene rings is 2. The van der Waals surface area contributed by atoms with E-state index in [1.165, 1.54) is 12.1 Å². The van der Waals surface area contributed by atoms with E-state index < -0.39 is 0 Å². The number of morpholine rings is 1. The zero-order valence-electron chi connectivity index (χ0n) is 17.7. The topological polar surface area (TPSA) is 63.6 Å². The van der Waals surface area contributed by atoms with Gasteiger partial charge in [0.2, 0.25) is 5.91 Å². The molecule has 0 aliphatic carbocycles. The Kier molecular flexibility index (Phi) is 6.04. The Balaban J connectivity index is 1.41. The van der Waals surface area contributed by atoms with E-state index in [4.69, 9.17) is 4.74 Å². The van der Waals surface area contributed by atoms with Crippen LogP contribution in [0.25, 0.3) is 10.9 Å². The standard InChI is InChI=1S/C24H26FN3O3/c1-16-13-28(14-17(2)31-16)22-8-7-18(11-20(22)25)12-26-24(30)15-27-10-9-23(29)19-5-3-4-6-21(19)27/h3-11,16-17H,12-15H2,1-2H3,(H,26,30)/t16-,17-/m1/s1. The van der Waals surface area contributed by atoms with E-state index in [9.17, 15) is 14.0 Å². The SMILES string of the molecule is C[C@@H]1CN(c2ccc(CNC(=O)Cn3ccc(=O)c4ccccc43)cc2F)C[C@@H](C)O1. The van der Waals surface area contributed by atoms with Crippen molar-refractivity contribution in [1.29, 1.82) is 0 Å². The Labute approximate surface area is 180 Å². The molecule has 1 N–H and O–H groups in total. The minimum Gasteiger partial charge on any atom is -0.372 e. The fourth-order valence-corrected chi connectivity index (χ4v) is 4.10. The second-order valence-corrected chi connectivity index (χ2v) is 8.05. The van der Waals surface area contributed by atoms with Crippen LogP contribution < -0.4 is 15.6 Å². The van der Waals surface area contributed by atoms with Gasteiger partial charge < -0.3 is 19.5 Å². The van der Waals surface area contributed by atoms with E-state index in [1.54, 1.807) is 29.0 Å². The number of anilines is 1. The van der Waals surface area contributed by atoms with Crippen LogP contribution in [0, 0.1) is 5.82 Å². The minimum atomic E-state index is -0.306. The van der Waals surface area contributed by atoms with Gasteiger partial charge in [-0.05, 0) is 43.7 Å². The van der Waals surface area contributed by atoms with Crippen molar-refractivity contribution in [3.63, 3.8) is 0 Å². The number of hydrogen-bond acceptors (Lipinski definition) is 4. The van der Waals surface area contributed by atoms with Gasteiger partial charge in [0, 0.05) is 37.3 Å². The number of nitrogens with zero attached hydrogens (tertiary/aromatic N) is 2. The third-order valence-electron chi connectivity index (χ3n) is 5.46. The molecule has 0 unspecified atom stereocenters. The van der Waals surface area contributed by atoms with Crippen molar-refractivity contribution in [2.24, 2.45) is 0 Å². The monoisotopic (exact) mass is 423 g/mol. The summed E-state index contributed by atoms with van der Waals surface area (Å²) in [6.07, 6.45) is 1.71. The molecule has 1 aromatic heterocycles. The van der Waals surface area contributed by atoms with Crippen LogP contribution in [0.2, 0.25) is 0 Å². The molecule has 3 aromatic rings. The van der Waals surface area contributed by atoms with Crippen molar-refractivity contribution in [2.75, 3.05) is 18.0 Å². The Morgan fingerprint density at radius 1 is 1.13 bits per heavy atom. The molecule has 0 radical (unpaired) electrons. The molecule has 1 amide bonds. The van der Waals surface area contributed by atoms with Crippen molar-refractivity contribution in [2.45, 2.75) is 39.1 Å². The summed E-state index contributed by atoms with van der Waals surface area (Å²) in [5, 5.41) is 3.40. The molecule has 4 rings (SSSR count). The maximum absolute atomic E-state index is 14.7. The van der Waals surface area contributed by atoms with Gasteiger partial charge in [-0.1, -0.05) is 18.2 Å². The van der Waals surface area contributed by atoms with Crippen molar-refractivity contribution in [3.8, 4) is 0 Å². The fraction of sp³-hybridized carbons (Fsp3) is 0.333. The molecular formula is C24H26FN3O3. The van der Waals surface area contributed by atoms with Gasteiger partial charge in [-0.2, -0.15) is 0 Å². The number of aromatic nitrogens is 1. The largest absolute Gasteiger partial charge is 0.372 e. The Bertz CT molecular complexity index is 1150. The highest BCUT2D eigenvalue weighted by molar-refractivity contribution is 5.82. The van der Waals surface area contributed by atoms with Gasteiger partial charge in [-0.25, -0.2) is 4.39 Å². The molecule has 2 heterocycles. The Hall–Kier alpha value is -3.19. The van der Waals surface area contributed by atoms with Gasteiger partial charge in [0.15, 0.2) is 5.43 Å². The summed E-state index contributed by atoms with van der Waals surface area (Å²) in [4.78, 5) is 26.4. The number of hydrogen-bond donors (Lipinski definition) is 1. The van der Waals surface area contributed by atoms with Crippen LogP contribution in [0.5, 0.6) is 0 Å². The third kappa shape index (κ3) is 4.77. The third-order valence-corrected chi connectivity index (χ3v) is 5.46. The molecule has 1 aliphatic heterocycles. The highest BCUT2D eigenvalue weighted by Gasteiger charge is 2.24. The van der Waals surface area contributed by atoms with Crippen LogP contribution in [0.1, 0.15) is 19.4 Å². The normalized spacial score (nSPS) is 18.9. The van der Waals surface area contributed by atoms with Gasteiger partial charge in [0.1, 0.15) is 12.4 Å². The lowest BCUT2D eigenvalue weighted by molar-refractivity contribution is -0.121. The smallest absolute Gasteiger partial charge is 0.240 e. The number of para-hydroxylation sites is 1. The molecule has 1 aliphatic rings. The minimum absolute atomic E-state index is 0.0476. The summed E-state index contributed by atoms with van der Waals surface area (Å²) in [6.45, 7) is 5.55. The molecule has 6 nitrogen and oxygen atoms in total. The van der Waals surface area contributed by atoms with Crippen molar-refractivity contribution >= 4 is 22.5 Å². The first kappa shape index (κ1) is 21.1. The number of fused-ring (bicyclic) bond motifs is 1. The van der Waals surface area contributed by atoms with Gasteiger partial charge in [0.05, 0.1) is 23.4 Å². The molecule has 7 heteroatoms. The molecule has 2 aromatic carbocycles. The molecule has 0 spiro atoms. The number of carbonyl (C=O) groups excluding carboxylic acids is 1. The van der Waals surface area contributed by atoms with E-state index in [0.29, 0.717) is 35.2 Å². The van der Waals surface area contributed by atoms with Crippen LogP contribution in [-0.2, 0) is 22.6 Å². The van der Waals surface area contributed by atoms with Gasteiger partial charge in [-0.3, -0.25) is 9.59 Å². The quantitative estimate of drug-likeness (QED) is 0.685. The first-order chi connectivity index (χ1) is 14.9. The molecule has 1 saturated heterocycles. The maximum Gasteiger partial charge on any atom is 0.240 e. The first-order valence-electron chi connectivity index (χ1n) is 10.4. The Morgan fingerprint density at radius 3 is 2.61 bits per heavy atom. The predicted molar refractivity (Wildman–Crippen MR) is 119 cm³/mol. The second kappa shape index (κ2) is 8.89. The summed E-state index contributed by atoms with van der Waals surface area (Å²) >= 11 is 0. The molecule has 2 atom stereocenters. The number of amides is 1. The molecule has 162 valence electrons. The molecular weight excluding hydrogens is 397 g/mol. The summed E-state index contributed by atoms with van der Waals surface area (Å²) in [5.74, 6) is -0.520. The average Bonchev–Trinajstić information content (AvgIpc) is 2.74. The molecule has 31 heavy (non-hydrogen) atoms. The van der Waals surface area contributed by atoms with Crippen molar-refractivity contribution in [3.05, 3.63) is 76.3 Å². The van der Waals surface area contributed by atoms with Crippen LogP contribution >= 0.6 is 0 Å². The Morgan fingerprint density at radius 2 is 1.87 bits per heavy atom. The lowest BCUT2D eigenvalue weighted by atomic mass is 10.1. The number of pyridine rings is 1. The average molecular weight is 423 g/mol. The highest BCUT2D eigenvalue weighted by Crippen LogP contribution is 2.24. The fourth-order valence-electron chi connectivity index (χ4n) is 4.10. The summed E-state index contributed by atoms with van der Waals surface area (Å²) in [6, 6.07) is 13.7. The summed E-state index contributed by atoms with van der Waals surface area (Å²) in [5.41, 5.74) is 1.87. The van der Waals surface area contributed by atoms with E-state index >= 15 is 0 Å². The van der Waals surface area contributed by atoms with Crippen LogP contribution in [0.15, 0.2) is 59.5 Å². The predicted octanol–water partition coefficient (Wildman–Crippen LogP) is 3.07. The maximum atomic E-state index is 14.7. The van der Waals surface area contributed by atoms with Gasteiger partial charge >= 0.3 is 0 Å². The van der Waals surface area contributed by atoms with Gasteiger partial charge in [-0.15, -0.1) is 0 Å². The zero-order valence-corrected chi connectivity index (χ0v) is 17.7. The number of carbonyl (C=O) groups is 1. The van der Waals surface area contributed by atoms with E-state index in [2.05, 4.69) is 5.32 Å². The number of nitrogens with one attached hydrogen (secondary N) is 1. The summed E-state index contributed by atoms with van der Waals surface area (Å²) < 4.78 is 22.2.